The summed E-state index contributed by atoms with van der Waals surface area (Å²) in [4.78, 5) is 0. The first-order valence-electron chi connectivity index (χ1n) is 4.58. The minimum atomic E-state index is 0.523. The van der Waals surface area contributed by atoms with Gasteiger partial charge in [0.1, 0.15) is 0 Å². The molecular weight excluding hydrogens is 184 g/mol. The number of aromatic nitrogens is 1. The van der Waals surface area contributed by atoms with Crippen LogP contribution in [0.25, 0.3) is 0 Å². The van der Waals surface area contributed by atoms with Gasteiger partial charge in [-0.25, -0.2) is 0 Å². The Balaban J connectivity index is 2.22. The first kappa shape index (κ1) is 8.94. The molecule has 0 spiro atoms. The molecule has 13 heavy (non-hydrogen) atoms. The molecule has 1 aliphatic heterocycles. The summed E-state index contributed by atoms with van der Waals surface area (Å²) in [7, 11) is 0. The Hall–Kier alpha value is -0.640. The number of nitrogens with zero attached hydrogens (tertiary/aromatic N) is 1. The Labute approximate surface area is 82.0 Å². The van der Waals surface area contributed by atoms with Crippen LogP contribution in [0.15, 0.2) is 4.52 Å². The van der Waals surface area contributed by atoms with E-state index in [0.29, 0.717) is 11.8 Å². The fourth-order valence-corrected chi connectivity index (χ4v) is 2.98. The molecular formula is C9H14N2OS. The molecule has 0 saturated carbocycles. The third-order valence-corrected chi connectivity index (χ3v) is 3.61. The van der Waals surface area contributed by atoms with E-state index >= 15 is 0 Å². The Morgan fingerprint density at radius 1 is 1.46 bits per heavy atom. The summed E-state index contributed by atoms with van der Waals surface area (Å²) in [5.74, 6) is 3.56. The molecule has 2 rings (SSSR count). The number of nitrogens with two attached hydrogens (primary N) is 1. The zero-order chi connectivity index (χ0) is 9.26. The summed E-state index contributed by atoms with van der Waals surface area (Å²) in [6.45, 7) is 1.97. The molecule has 0 atom stereocenters. The van der Waals surface area contributed by atoms with E-state index in [1.807, 2.05) is 18.7 Å². The monoisotopic (exact) mass is 198 g/mol. The second-order valence-electron chi connectivity index (χ2n) is 3.43. The normalized spacial score (nSPS) is 19.2. The van der Waals surface area contributed by atoms with Crippen molar-refractivity contribution in [3.05, 3.63) is 11.3 Å². The van der Waals surface area contributed by atoms with Gasteiger partial charge in [0.25, 0.3) is 0 Å². The number of hydrogen-bond donors (Lipinski definition) is 1. The molecule has 1 fully saturated rings. The van der Waals surface area contributed by atoms with Crippen molar-refractivity contribution in [1.82, 2.24) is 5.16 Å². The smallest absolute Gasteiger partial charge is 0.225 e. The molecule has 2 N–H and O–H groups in total. The Morgan fingerprint density at radius 3 is 2.69 bits per heavy atom. The van der Waals surface area contributed by atoms with Gasteiger partial charge in [-0.2, -0.15) is 11.8 Å². The molecule has 1 aromatic heterocycles. The summed E-state index contributed by atoms with van der Waals surface area (Å²) in [5, 5.41) is 3.88. The van der Waals surface area contributed by atoms with E-state index in [2.05, 4.69) is 5.16 Å². The third-order valence-electron chi connectivity index (χ3n) is 2.57. The molecule has 72 valence electrons. The van der Waals surface area contributed by atoms with E-state index in [4.69, 9.17) is 10.3 Å². The van der Waals surface area contributed by atoms with E-state index in [1.54, 1.807) is 0 Å². The highest BCUT2D eigenvalue weighted by Crippen LogP contribution is 2.35. The zero-order valence-corrected chi connectivity index (χ0v) is 8.56. The van der Waals surface area contributed by atoms with Crippen molar-refractivity contribution in [3.63, 3.8) is 0 Å². The second kappa shape index (κ2) is 3.62. The topological polar surface area (TPSA) is 52.0 Å². The van der Waals surface area contributed by atoms with Crippen LogP contribution >= 0.6 is 11.8 Å². The number of aryl methyl sites for hydroxylation is 1. The quantitative estimate of drug-likeness (QED) is 0.751. The molecule has 1 saturated heterocycles. The molecule has 3 nitrogen and oxygen atoms in total. The molecule has 0 aromatic carbocycles. The van der Waals surface area contributed by atoms with Crippen molar-refractivity contribution in [3.8, 4) is 0 Å². The van der Waals surface area contributed by atoms with Crippen LogP contribution in [0.3, 0.4) is 0 Å². The van der Waals surface area contributed by atoms with Crippen molar-refractivity contribution >= 4 is 17.6 Å². The molecule has 2 heterocycles. The number of nitrogen functional groups attached to an aromatic ring is 1. The lowest BCUT2D eigenvalue weighted by Crippen LogP contribution is -2.09. The van der Waals surface area contributed by atoms with Crippen molar-refractivity contribution < 1.29 is 4.52 Å². The van der Waals surface area contributed by atoms with Crippen molar-refractivity contribution in [2.75, 3.05) is 17.2 Å². The first-order valence-corrected chi connectivity index (χ1v) is 5.74. The Bertz CT molecular complexity index is 272. The van der Waals surface area contributed by atoms with Crippen LogP contribution in [-0.2, 0) is 0 Å². The van der Waals surface area contributed by atoms with E-state index < -0.39 is 0 Å². The maximum atomic E-state index is 5.74. The number of hydrogen-bond acceptors (Lipinski definition) is 4. The predicted octanol–water partition coefficient (Wildman–Crippen LogP) is 2.18. The molecule has 1 aromatic rings. The minimum Gasteiger partial charge on any atom is -0.367 e. The van der Waals surface area contributed by atoms with Gasteiger partial charge in [0, 0.05) is 5.56 Å². The fourth-order valence-electron chi connectivity index (χ4n) is 1.88. The summed E-state index contributed by atoms with van der Waals surface area (Å²) in [5.41, 5.74) is 7.86. The summed E-state index contributed by atoms with van der Waals surface area (Å²) >= 11 is 2.02. The summed E-state index contributed by atoms with van der Waals surface area (Å²) < 4.78 is 4.97. The van der Waals surface area contributed by atoms with Crippen molar-refractivity contribution in [2.24, 2.45) is 0 Å². The van der Waals surface area contributed by atoms with Gasteiger partial charge in [-0.05, 0) is 37.2 Å². The van der Waals surface area contributed by atoms with Crippen LogP contribution < -0.4 is 5.73 Å². The van der Waals surface area contributed by atoms with Gasteiger partial charge in [-0.3, -0.25) is 0 Å². The standard InChI is InChI=1S/C9H14N2OS/c1-6-8(9(10)12-11-6)7-2-4-13-5-3-7/h7H,2-5,10H2,1H3. The highest BCUT2D eigenvalue weighted by atomic mass is 32.2. The minimum absolute atomic E-state index is 0.523. The number of anilines is 1. The summed E-state index contributed by atoms with van der Waals surface area (Å²) in [6.07, 6.45) is 2.41. The largest absolute Gasteiger partial charge is 0.367 e. The van der Waals surface area contributed by atoms with E-state index in [-0.39, 0.29) is 0 Å². The zero-order valence-electron chi connectivity index (χ0n) is 7.75. The average molecular weight is 198 g/mol. The predicted molar refractivity (Wildman–Crippen MR) is 55.0 cm³/mol. The molecule has 0 radical (unpaired) electrons. The first-order chi connectivity index (χ1) is 6.29. The maximum Gasteiger partial charge on any atom is 0.225 e. The lowest BCUT2D eigenvalue weighted by molar-refractivity contribution is 0.430. The van der Waals surface area contributed by atoms with Gasteiger partial charge in [0.2, 0.25) is 5.88 Å². The van der Waals surface area contributed by atoms with Gasteiger partial charge >= 0.3 is 0 Å². The lowest BCUT2D eigenvalue weighted by atomic mass is 9.93. The average Bonchev–Trinajstić information content (AvgIpc) is 2.48. The molecule has 1 aliphatic rings. The van der Waals surface area contributed by atoms with E-state index in [0.717, 1.165) is 11.3 Å². The van der Waals surface area contributed by atoms with Gasteiger partial charge in [-0.15, -0.1) is 0 Å². The van der Waals surface area contributed by atoms with Gasteiger partial charge in [0.05, 0.1) is 5.69 Å². The number of thioether (sulfide) groups is 1. The highest BCUT2D eigenvalue weighted by molar-refractivity contribution is 7.99. The summed E-state index contributed by atoms with van der Waals surface area (Å²) in [6, 6.07) is 0. The van der Waals surface area contributed by atoms with Crippen LogP contribution in [0.5, 0.6) is 0 Å². The molecule has 4 heteroatoms. The maximum absolute atomic E-state index is 5.74. The van der Waals surface area contributed by atoms with Gasteiger partial charge in [0.15, 0.2) is 0 Å². The van der Waals surface area contributed by atoms with Gasteiger partial charge in [-0.1, -0.05) is 5.16 Å². The van der Waals surface area contributed by atoms with E-state index in [9.17, 15) is 0 Å². The van der Waals surface area contributed by atoms with Gasteiger partial charge < -0.3 is 10.3 Å². The fraction of sp³-hybridized carbons (Fsp3) is 0.667. The van der Waals surface area contributed by atoms with Crippen LogP contribution in [0.1, 0.15) is 30.0 Å². The SMILES string of the molecule is Cc1noc(N)c1C1CCSCC1. The molecule has 0 unspecified atom stereocenters. The molecule has 0 aliphatic carbocycles. The van der Waals surface area contributed by atoms with Crippen LogP contribution in [0.4, 0.5) is 5.88 Å². The Kier molecular flexibility index (Phi) is 2.49. The van der Waals surface area contributed by atoms with Crippen LogP contribution in [0.2, 0.25) is 0 Å². The highest BCUT2D eigenvalue weighted by Gasteiger charge is 2.22. The van der Waals surface area contributed by atoms with Crippen LogP contribution in [0, 0.1) is 6.92 Å². The van der Waals surface area contributed by atoms with Crippen LogP contribution in [-0.4, -0.2) is 16.7 Å². The second-order valence-corrected chi connectivity index (χ2v) is 4.66. The van der Waals surface area contributed by atoms with E-state index in [1.165, 1.54) is 24.3 Å². The number of rotatable bonds is 1. The molecule has 0 bridgehead atoms. The van der Waals surface area contributed by atoms with Crippen molar-refractivity contribution in [2.45, 2.75) is 25.7 Å². The third kappa shape index (κ3) is 1.68. The lowest BCUT2D eigenvalue weighted by Gasteiger charge is -2.20. The molecule has 0 amide bonds. The van der Waals surface area contributed by atoms with Crippen molar-refractivity contribution in [1.29, 1.82) is 0 Å². The Morgan fingerprint density at radius 2 is 2.15 bits per heavy atom.